The highest BCUT2D eigenvalue weighted by atomic mass is 15.2. The van der Waals surface area contributed by atoms with Crippen molar-refractivity contribution in [2.75, 3.05) is 23.3 Å². The van der Waals surface area contributed by atoms with Crippen molar-refractivity contribution in [3.63, 3.8) is 0 Å². The van der Waals surface area contributed by atoms with Gasteiger partial charge in [-0.05, 0) is 43.5 Å². The van der Waals surface area contributed by atoms with Crippen LogP contribution in [0.2, 0.25) is 0 Å². The molecule has 4 nitrogen and oxygen atoms in total. The lowest BCUT2D eigenvalue weighted by atomic mass is 10.2. The molecule has 1 aromatic heterocycles. The molecule has 1 aliphatic rings. The van der Waals surface area contributed by atoms with Crippen molar-refractivity contribution in [3.05, 3.63) is 42.1 Å². The minimum absolute atomic E-state index is 0.669. The normalized spacial score (nSPS) is 15.6. The van der Waals surface area contributed by atoms with E-state index in [2.05, 4.69) is 39.2 Å². The lowest BCUT2D eigenvalue weighted by molar-refractivity contribution is 0.726. The van der Waals surface area contributed by atoms with Gasteiger partial charge in [-0.2, -0.15) is 4.98 Å². The highest BCUT2D eigenvalue weighted by Gasteiger charge is 2.11. The van der Waals surface area contributed by atoms with E-state index in [0.717, 1.165) is 24.6 Å². The van der Waals surface area contributed by atoms with Crippen LogP contribution in [0.15, 0.2) is 36.5 Å². The fraction of sp³-hybridized carbons (Fsp3) is 0.412. The molecule has 1 fully saturated rings. The Morgan fingerprint density at radius 1 is 1.05 bits per heavy atom. The van der Waals surface area contributed by atoms with E-state index < -0.39 is 0 Å². The zero-order valence-electron chi connectivity index (χ0n) is 12.5. The number of aromatic nitrogens is 2. The molecule has 0 bridgehead atoms. The topological polar surface area (TPSA) is 41.1 Å². The van der Waals surface area contributed by atoms with Crippen molar-refractivity contribution in [1.82, 2.24) is 9.97 Å². The van der Waals surface area contributed by atoms with Crippen LogP contribution in [0, 0.1) is 6.92 Å². The molecule has 3 rings (SSSR count). The standard InChI is InChI=1S/C17H22N4/c1-14-7-6-8-15(13-14)19-17-18-10-9-16(20-17)21-11-4-2-3-5-12-21/h6-10,13H,2-5,11-12H2,1H3,(H,18,19,20). The average Bonchev–Trinajstić information content (AvgIpc) is 2.77. The van der Waals surface area contributed by atoms with Crippen molar-refractivity contribution in [3.8, 4) is 0 Å². The fourth-order valence-electron chi connectivity index (χ4n) is 2.74. The van der Waals surface area contributed by atoms with Crippen molar-refractivity contribution < 1.29 is 0 Å². The molecule has 0 atom stereocenters. The summed E-state index contributed by atoms with van der Waals surface area (Å²) < 4.78 is 0. The second kappa shape index (κ2) is 6.57. The molecule has 2 heterocycles. The third kappa shape index (κ3) is 3.72. The van der Waals surface area contributed by atoms with Gasteiger partial charge in [0, 0.05) is 25.0 Å². The first-order chi connectivity index (χ1) is 10.3. The molecule has 2 aromatic rings. The van der Waals surface area contributed by atoms with Gasteiger partial charge < -0.3 is 10.2 Å². The van der Waals surface area contributed by atoms with E-state index in [1.807, 2.05) is 24.4 Å². The molecule has 0 aliphatic carbocycles. The van der Waals surface area contributed by atoms with E-state index in [-0.39, 0.29) is 0 Å². The summed E-state index contributed by atoms with van der Waals surface area (Å²) in [4.78, 5) is 11.4. The van der Waals surface area contributed by atoms with Crippen LogP contribution in [0.25, 0.3) is 0 Å². The molecule has 1 aromatic carbocycles. The Balaban J connectivity index is 1.76. The summed E-state index contributed by atoms with van der Waals surface area (Å²) in [5.41, 5.74) is 2.26. The van der Waals surface area contributed by atoms with Gasteiger partial charge in [0.15, 0.2) is 0 Å². The van der Waals surface area contributed by atoms with Crippen LogP contribution >= 0.6 is 0 Å². The number of nitrogens with one attached hydrogen (secondary N) is 1. The molecular weight excluding hydrogens is 260 g/mol. The molecule has 0 amide bonds. The Morgan fingerprint density at radius 2 is 1.86 bits per heavy atom. The Morgan fingerprint density at radius 3 is 2.62 bits per heavy atom. The van der Waals surface area contributed by atoms with Gasteiger partial charge in [-0.3, -0.25) is 0 Å². The molecule has 21 heavy (non-hydrogen) atoms. The first-order valence-corrected chi connectivity index (χ1v) is 7.73. The predicted molar refractivity (Wildman–Crippen MR) is 87.2 cm³/mol. The van der Waals surface area contributed by atoms with Crippen LogP contribution in [0.5, 0.6) is 0 Å². The zero-order chi connectivity index (χ0) is 14.5. The van der Waals surface area contributed by atoms with E-state index in [0.29, 0.717) is 5.95 Å². The minimum Gasteiger partial charge on any atom is -0.356 e. The Kier molecular flexibility index (Phi) is 4.34. The molecule has 0 radical (unpaired) electrons. The lowest BCUT2D eigenvalue weighted by Crippen LogP contribution is -2.25. The maximum Gasteiger partial charge on any atom is 0.229 e. The van der Waals surface area contributed by atoms with Crippen molar-refractivity contribution in [2.45, 2.75) is 32.6 Å². The van der Waals surface area contributed by atoms with Gasteiger partial charge in [-0.15, -0.1) is 0 Å². The zero-order valence-corrected chi connectivity index (χ0v) is 12.5. The Hall–Kier alpha value is -2.10. The van der Waals surface area contributed by atoms with Crippen molar-refractivity contribution >= 4 is 17.5 Å². The number of hydrogen-bond acceptors (Lipinski definition) is 4. The van der Waals surface area contributed by atoms with Crippen LogP contribution in [0.4, 0.5) is 17.5 Å². The number of benzene rings is 1. The van der Waals surface area contributed by atoms with Crippen LogP contribution in [-0.4, -0.2) is 23.1 Å². The summed E-state index contributed by atoms with van der Waals surface area (Å²) in [6.07, 6.45) is 7.01. The van der Waals surface area contributed by atoms with E-state index >= 15 is 0 Å². The number of aryl methyl sites for hydroxylation is 1. The fourth-order valence-corrected chi connectivity index (χ4v) is 2.74. The highest BCUT2D eigenvalue weighted by Crippen LogP contribution is 2.20. The number of hydrogen-bond donors (Lipinski definition) is 1. The first kappa shape index (κ1) is 13.9. The van der Waals surface area contributed by atoms with Crippen LogP contribution in [0.1, 0.15) is 31.2 Å². The Bertz CT molecular complexity index is 589. The van der Waals surface area contributed by atoms with Crippen molar-refractivity contribution in [2.24, 2.45) is 0 Å². The third-order valence-corrected chi connectivity index (χ3v) is 3.85. The largest absolute Gasteiger partial charge is 0.356 e. The molecule has 4 heteroatoms. The molecule has 1 aliphatic heterocycles. The molecule has 0 spiro atoms. The smallest absolute Gasteiger partial charge is 0.229 e. The average molecular weight is 282 g/mol. The van der Waals surface area contributed by atoms with Gasteiger partial charge in [-0.1, -0.05) is 25.0 Å². The third-order valence-electron chi connectivity index (χ3n) is 3.85. The molecule has 110 valence electrons. The first-order valence-electron chi connectivity index (χ1n) is 7.73. The maximum atomic E-state index is 4.67. The molecule has 0 unspecified atom stereocenters. The summed E-state index contributed by atoms with van der Waals surface area (Å²) in [5.74, 6) is 1.70. The van der Waals surface area contributed by atoms with E-state index in [4.69, 9.17) is 0 Å². The highest BCUT2D eigenvalue weighted by molar-refractivity contribution is 5.55. The van der Waals surface area contributed by atoms with Gasteiger partial charge >= 0.3 is 0 Å². The van der Waals surface area contributed by atoms with Crippen LogP contribution < -0.4 is 10.2 Å². The Labute approximate surface area is 126 Å². The number of rotatable bonds is 3. The maximum absolute atomic E-state index is 4.67. The van der Waals surface area contributed by atoms with Gasteiger partial charge in [0.2, 0.25) is 5.95 Å². The summed E-state index contributed by atoms with van der Waals surface area (Å²) in [5, 5.41) is 3.29. The van der Waals surface area contributed by atoms with Gasteiger partial charge in [0.25, 0.3) is 0 Å². The number of nitrogens with zero attached hydrogens (tertiary/aromatic N) is 3. The van der Waals surface area contributed by atoms with Gasteiger partial charge in [-0.25, -0.2) is 4.98 Å². The van der Waals surface area contributed by atoms with E-state index in [1.165, 1.54) is 31.2 Å². The summed E-state index contributed by atoms with van der Waals surface area (Å²) in [7, 11) is 0. The number of anilines is 3. The molecular formula is C17H22N4. The van der Waals surface area contributed by atoms with Gasteiger partial charge in [0.1, 0.15) is 5.82 Å². The predicted octanol–water partition coefficient (Wildman–Crippen LogP) is 3.91. The monoisotopic (exact) mass is 282 g/mol. The van der Waals surface area contributed by atoms with Crippen LogP contribution in [-0.2, 0) is 0 Å². The SMILES string of the molecule is Cc1cccc(Nc2nccc(N3CCCCCC3)n2)c1. The summed E-state index contributed by atoms with van der Waals surface area (Å²) >= 11 is 0. The second-order valence-electron chi connectivity index (χ2n) is 5.63. The van der Waals surface area contributed by atoms with E-state index in [9.17, 15) is 0 Å². The minimum atomic E-state index is 0.669. The summed E-state index contributed by atoms with van der Waals surface area (Å²) in [6.45, 7) is 4.28. The van der Waals surface area contributed by atoms with Gasteiger partial charge in [0.05, 0.1) is 0 Å². The quantitative estimate of drug-likeness (QED) is 0.926. The van der Waals surface area contributed by atoms with Crippen LogP contribution in [0.3, 0.4) is 0 Å². The summed E-state index contributed by atoms with van der Waals surface area (Å²) in [6, 6.07) is 10.3. The molecule has 0 saturated carbocycles. The van der Waals surface area contributed by atoms with Crippen molar-refractivity contribution in [1.29, 1.82) is 0 Å². The second-order valence-corrected chi connectivity index (χ2v) is 5.63. The van der Waals surface area contributed by atoms with E-state index in [1.54, 1.807) is 0 Å². The molecule has 1 saturated heterocycles. The molecule has 1 N–H and O–H groups in total. The lowest BCUT2D eigenvalue weighted by Gasteiger charge is -2.21.